The highest BCUT2D eigenvalue weighted by molar-refractivity contribution is 7.15. The van der Waals surface area contributed by atoms with Crippen molar-refractivity contribution in [2.45, 2.75) is 39.2 Å². The first-order valence-electron chi connectivity index (χ1n) is 7.46. The van der Waals surface area contributed by atoms with Gasteiger partial charge >= 0.3 is 0 Å². The fraction of sp³-hybridized carbons (Fsp3) is 0.500. The van der Waals surface area contributed by atoms with E-state index in [0.29, 0.717) is 11.8 Å². The molecular weight excluding hydrogens is 285 g/mol. The van der Waals surface area contributed by atoms with Gasteiger partial charge in [-0.05, 0) is 42.4 Å². The fourth-order valence-electron chi connectivity index (χ4n) is 2.45. The third kappa shape index (κ3) is 3.79. The summed E-state index contributed by atoms with van der Waals surface area (Å²) in [5.74, 6) is 1.01. The van der Waals surface area contributed by atoms with Crippen molar-refractivity contribution in [1.29, 1.82) is 0 Å². The summed E-state index contributed by atoms with van der Waals surface area (Å²) in [6, 6.07) is 6.99. The van der Waals surface area contributed by atoms with E-state index in [9.17, 15) is 4.39 Å². The second-order valence-electron chi connectivity index (χ2n) is 6.11. The molecule has 1 N–H and O–H groups in total. The largest absolute Gasteiger partial charge is 0.353 e. The van der Waals surface area contributed by atoms with Crippen LogP contribution >= 0.6 is 11.3 Å². The zero-order chi connectivity index (χ0) is 14.8. The zero-order valence-corrected chi connectivity index (χ0v) is 13.2. The van der Waals surface area contributed by atoms with Crippen LogP contribution in [0.1, 0.15) is 43.3 Å². The Morgan fingerprint density at radius 3 is 2.57 bits per heavy atom. The maximum absolute atomic E-state index is 13.1. The first kappa shape index (κ1) is 14.4. The molecule has 1 atom stereocenters. The average molecular weight is 305 g/mol. The smallest absolute Gasteiger partial charge is 0.206 e. The van der Waals surface area contributed by atoms with E-state index in [1.165, 1.54) is 25.0 Å². The summed E-state index contributed by atoms with van der Waals surface area (Å²) >= 11 is 1.63. The van der Waals surface area contributed by atoms with E-state index in [1.807, 2.05) is 12.1 Å². The van der Waals surface area contributed by atoms with Gasteiger partial charge in [0.1, 0.15) is 10.8 Å². The quantitative estimate of drug-likeness (QED) is 0.857. The molecule has 0 bridgehead atoms. The molecule has 1 aliphatic rings. The number of hydrogen-bond donors (Lipinski definition) is 1. The van der Waals surface area contributed by atoms with Crippen LogP contribution in [-0.2, 0) is 6.42 Å². The number of halogens is 1. The van der Waals surface area contributed by atoms with Gasteiger partial charge in [-0.15, -0.1) is 10.2 Å². The molecule has 0 saturated heterocycles. The Kier molecular flexibility index (Phi) is 4.19. The number of anilines is 1. The van der Waals surface area contributed by atoms with E-state index >= 15 is 0 Å². The van der Waals surface area contributed by atoms with E-state index in [1.54, 1.807) is 11.3 Å². The lowest BCUT2D eigenvalue weighted by Gasteiger charge is -2.17. The Morgan fingerprint density at radius 1 is 1.24 bits per heavy atom. The molecule has 1 heterocycles. The number of aromatic nitrogens is 2. The molecule has 21 heavy (non-hydrogen) atoms. The van der Waals surface area contributed by atoms with Crippen LogP contribution in [0, 0.1) is 17.7 Å². The number of rotatable bonds is 6. The van der Waals surface area contributed by atoms with Crippen LogP contribution in [0.25, 0.3) is 0 Å². The summed E-state index contributed by atoms with van der Waals surface area (Å²) in [4.78, 5) is 0. The van der Waals surface area contributed by atoms with Crippen LogP contribution in [0.15, 0.2) is 24.3 Å². The monoisotopic (exact) mass is 305 g/mol. The van der Waals surface area contributed by atoms with Gasteiger partial charge in [0, 0.05) is 6.42 Å². The van der Waals surface area contributed by atoms with Gasteiger partial charge in [0.2, 0.25) is 5.13 Å². The maximum Gasteiger partial charge on any atom is 0.206 e. The zero-order valence-electron chi connectivity index (χ0n) is 12.3. The lowest BCUT2D eigenvalue weighted by atomic mass is 10.0. The van der Waals surface area contributed by atoms with E-state index in [-0.39, 0.29) is 11.9 Å². The van der Waals surface area contributed by atoms with Crippen LogP contribution in [0.2, 0.25) is 0 Å². The Morgan fingerprint density at radius 2 is 1.95 bits per heavy atom. The molecule has 0 amide bonds. The van der Waals surface area contributed by atoms with Crippen LogP contribution in [0.3, 0.4) is 0 Å². The minimum atomic E-state index is -0.191. The molecule has 1 fully saturated rings. The summed E-state index contributed by atoms with van der Waals surface area (Å²) < 4.78 is 13.1. The lowest BCUT2D eigenvalue weighted by molar-refractivity contribution is 0.622. The fourth-order valence-corrected chi connectivity index (χ4v) is 3.44. The maximum atomic E-state index is 13.1. The molecule has 1 saturated carbocycles. The van der Waals surface area contributed by atoms with Crippen molar-refractivity contribution in [3.05, 3.63) is 40.7 Å². The third-order valence-corrected chi connectivity index (χ3v) is 4.53. The molecule has 0 aliphatic heterocycles. The van der Waals surface area contributed by atoms with Crippen molar-refractivity contribution < 1.29 is 4.39 Å². The van der Waals surface area contributed by atoms with Gasteiger partial charge < -0.3 is 5.32 Å². The highest BCUT2D eigenvalue weighted by atomic mass is 32.1. The van der Waals surface area contributed by atoms with Crippen molar-refractivity contribution in [2.24, 2.45) is 11.8 Å². The summed E-state index contributed by atoms with van der Waals surface area (Å²) in [5.41, 5.74) is 1.12. The van der Waals surface area contributed by atoms with E-state index < -0.39 is 0 Å². The second-order valence-corrected chi connectivity index (χ2v) is 7.17. The van der Waals surface area contributed by atoms with Crippen molar-refractivity contribution in [2.75, 3.05) is 5.32 Å². The first-order valence-corrected chi connectivity index (χ1v) is 8.28. The average Bonchev–Trinajstić information content (AvgIpc) is 3.19. The van der Waals surface area contributed by atoms with Crippen LogP contribution in [-0.4, -0.2) is 10.2 Å². The normalized spacial score (nSPS) is 16.2. The summed E-state index contributed by atoms with van der Waals surface area (Å²) in [6.07, 6.45) is 3.39. The molecular formula is C16H20FN3S. The number of nitrogens with one attached hydrogen (secondary N) is 1. The Labute approximate surface area is 128 Å². The molecule has 3 nitrogen and oxygen atoms in total. The predicted molar refractivity (Wildman–Crippen MR) is 83.9 cm³/mol. The molecule has 1 aromatic carbocycles. The van der Waals surface area contributed by atoms with E-state index in [2.05, 4.69) is 29.4 Å². The van der Waals surface area contributed by atoms with Crippen molar-refractivity contribution in [3.63, 3.8) is 0 Å². The molecule has 1 aliphatic carbocycles. The van der Waals surface area contributed by atoms with Gasteiger partial charge in [0.25, 0.3) is 0 Å². The number of benzene rings is 1. The topological polar surface area (TPSA) is 37.8 Å². The van der Waals surface area contributed by atoms with Crippen LogP contribution < -0.4 is 5.32 Å². The van der Waals surface area contributed by atoms with Gasteiger partial charge in [0.05, 0.1) is 6.04 Å². The van der Waals surface area contributed by atoms with Crippen molar-refractivity contribution >= 4 is 16.5 Å². The predicted octanol–water partition coefficient (Wildman–Crippen LogP) is 4.44. The van der Waals surface area contributed by atoms with Gasteiger partial charge in [-0.3, -0.25) is 0 Å². The third-order valence-electron chi connectivity index (χ3n) is 3.65. The van der Waals surface area contributed by atoms with E-state index in [4.69, 9.17) is 0 Å². The van der Waals surface area contributed by atoms with Gasteiger partial charge in [-0.25, -0.2) is 4.39 Å². The SMILES string of the molecule is CC(C)Cc1nnc(NC(c2ccc(F)cc2)C2CC2)s1. The van der Waals surface area contributed by atoms with E-state index in [0.717, 1.165) is 22.1 Å². The van der Waals surface area contributed by atoms with Crippen molar-refractivity contribution in [1.82, 2.24) is 10.2 Å². The minimum Gasteiger partial charge on any atom is -0.353 e. The molecule has 5 heteroatoms. The van der Waals surface area contributed by atoms with Crippen LogP contribution in [0.4, 0.5) is 9.52 Å². The number of hydrogen-bond acceptors (Lipinski definition) is 4. The molecule has 1 unspecified atom stereocenters. The second kappa shape index (κ2) is 6.10. The molecule has 112 valence electrons. The standard InChI is InChI=1S/C16H20FN3S/c1-10(2)9-14-19-20-16(21-14)18-15(11-3-4-11)12-5-7-13(17)8-6-12/h5-8,10-11,15H,3-4,9H2,1-2H3,(H,18,20). The lowest BCUT2D eigenvalue weighted by Crippen LogP contribution is -2.12. The molecule has 3 rings (SSSR count). The first-order chi connectivity index (χ1) is 10.1. The molecule has 0 spiro atoms. The van der Waals surface area contributed by atoms with Crippen molar-refractivity contribution in [3.8, 4) is 0 Å². The molecule has 0 radical (unpaired) electrons. The summed E-state index contributed by atoms with van der Waals surface area (Å²) in [7, 11) is 0. The summed E-state index contributed by atoms with van der Waals surface area (Å²) in [5, 5.41) is 13.9. The molecule has 2 aromatic rings. The Balaban J connectivity index is 1.73. The minimum absolute atomic E-state index is 0.191. The van der Waals surface area contributed by atoms with Gasteiger partial charge in [0.15, 0.2) is 0 Å². The summed E-state index contributed by atoms with van der Waals surface area (Å²) in [6.45, 7) is 4.36. The highest BCUT2D eigenvalue weighted by Gasteiger charge is 2.33. The number of nitrogens with zero attached hydrogens (tertiary/aromatic N) is 2. The Bertz CT molecular complexity index is 590. The molecule has 1 aromatic heterocycles. The van der Waals surface area contributed by atoms with Gasteiger partial charge in [-0.2, -0.15) is 0 Å². The Hall–Kier alpha value is -1.49. The van der Waals surface area contributed by atoms with Gasteiger partial charge in [-0.1, -0.05) is 37.3 Å². The highest BCUT2D eigenvalue weighted by Crippen LogP contribution is 2.43. The van der Waals surface area contributed by atoms with Crippen LogP contribution in [0.5, 0.6) is 0 Å².